The van der Waals surface area contributed by atoms with Gasteiger partial charge in [0.1, 0.15) is 11.9 Å². The van der Waals surface area contributed by atoms with Crippen molar-refractivity contribution in [2.45, 2.75) is 36.2 Å². The lowest BCUT2D eigenvalue weighted by Crippen LogP contribution is -2.36. The second-order valence-electron chi connectivity index (χ2n) is 5.72. The van der Waals surface area contributed by atoms with Crippen molar-refractivity contribution >= 4 is 15.6 Å². The topological polar surface area (TPSA) is 75.0 Å². The van der Waals surface area contributed by atoms with Crippen molar-refractivity contribution < 1.29 is 17.6 Å². The summed E-state index contributed by atoms with van der Waals surface area (Å²) in [5, 5.41) is 8.10. The number of fused-ring (bicyclic) bond motifs is 2. The molecule has 0 N–H and O–H groups in total. The summed E-state index contributed by atoms with van der Waals surface area (Å²) in [7, 11) is -3.09. The Morgan fingerprint density at radius 2 is 1.86 bits per heavy atom. The molecule has 4 nitrogen and oxygen atoms in total. The monoisotopic (exact) mass is 307 g/mol. The van der Waals surface area contributed by atoms with Gasteiger partial charge in [0.25, 0.3) is 0 Å². The smallest absolute Gasteiger partial charge is 0.167 e. The summed E-state index contributed by atoms with van der Waals surface area (Å²) in [6, 6.07) is 5.71. The zero-order valence-corrected chi connectivity index (χ0v) is 12.1. The summed E-state index contributed by atoms with van der Waals surface area (Å²) in [6.07, 6.45) is 1.79. The van der Waals surface area contributed by atoms with Gasteiger partial charge in [0.2, 0.25) is 0 Å². The molecule has 3 rings (SSSR count). The summed E-state index contributed by atoms with van der Waals surface area (Å²) < 4.78 is 37.7. The van der Waals surface area contributed by atoms with Crippen LogP contribution >= 0.6 is 0 Å². The number of Topliss-reactive ketones (excluding diaryl/α,β-unsaturated/α-hetero) is 1. The largest absolute Gasteiger partial charge is 0.294 e. The van der Waals surface area contributed by atoms with E-state index in [0.29, 0.717) is 25.7 Å². The van der Waals surface area contributed by atoms with Gasteiger partial charge in [-0.05, 0) is 37.8 Å². The third-order valence-corrected chi connectivity index (χ3v) is 7.31. The Morgan fingerprint density at radius 3 is 2.43 bits per heavy atom. The van der Waals surface area contributed by atoms with Crippen molar-refractivity contribution in [3.8, 4) is 6.07 Å². The number of hydrogen-bond acceptors (Lipinski definition) is 4. The number of hydrogen-bond donors (Lipinski definition) is 0. The van der Waals surface area contributed by atoms with E-state index in [1.165, 1.54) is 12.1 Å². The molecular weight excluding hydrogens is 293 g/mol. The Balaban J connectivity index is 1.92. The number of ketones is 1. The van der Waals surface area contributed by atoms with Gasteiger partial charge in [0, 0.05) is 11.5 Å². The first-order chi connectivity index (χ1) is 9.95. The van der Waals surface area contributed by atoms with Gasteiger partial charge >= 0.3 is 0 Å². The molecule has 0 aromatic heterocycles. The molecule has 0 radical (unpaired) electrons. The lowest BCUT2D eigenvalue weighted by atomic mass is 9.88. The Morgan fingerprint density at radius 1 is 1.24 bits per heavy atom. The van der Waals surface area contributed by atoms with E-state index in [2.05, 4.69) is 0 Å². The highest BCUT2D eigenvalue weighted by atomic mass is 32.2. The molecule has 2 fully saturated rings. The molecule has 2 heterocycles. The second-order valence-corrected chi connectivity index (χ2v) is 8.23. The average Bonchev–Trinajstić information content (AvgIpc) is 2.66. The van der Waals surface area contributed by atoms with E-state index in [1.54, 1.807) is 6.07 Å². The number of rotatable bonds is 2. The number of benzene rings is 1. The van der Waals surface area contributed by atoms with E-state index in [9.17, 15) is 17.6 Å². The van der Waals surface area contributed by atoms with Crippen LogP contribution in [-0.4, -0.2) is 24.7 Å². The first kappa shape index (κ1) is 14.2. The van der Waals surface area contributed by atoms with Crippen LogP contribution < -0.4 is 0 Å². The van der Waals surface area contributed by atoms with Gasteiger partial charge < -0.3 is 0 Å². The number of nitriles is 1. The van der Waals surface area contributed by atoms with Gasteiger partial charge in [-0.25, -0.2) is 12.8 Å². The van der Waals surface area contributed by atoms with Crippen LogP contribution in [0.2, 0.25) is 0 Å². The molecule has 0 aliphatic carbocycles. The van der Waals surface area contributed by atoms with Gasteiger partial charge in [-0.3, -0.25) is 4.79 Å². The third-order valence-electron chi connectivity index (χ3n) is 4.60. The quantitative estimate of drug-likeness (QED) is 0.785. The molecule has 1 aromatic rings. The Hall–Kier alpha value is -1.74. The summed E-state index contributed by atoms with van der Waals surface area (Å²) in [5.74, 6) is -1.45. The number of nitrogens with zero attached hydrogens (tertiary/aromatic N) is 1. The molecule has 0 spiro atoms. The molecule has 2 aliphatic rings. The summed E-state index contributed by atoms with van der Waals surface area (Å²) in [4.78, 5) is 12.5. The molecule has 21 heavy (non-hydrogen) atoms. The van der Waals surface area contributed by atoms with Crippen LogP contribution in [0.15, 0.2) is 18.2 Å². The zero-order chi connectivity index (χ0) is 15.2. The van der Waals surface area contributed by atoms with Crippen molar-refractivity contribution in [2.75, 3.05) is 0 Å². The van der Waals surface area contributed by atoms with E-state index < -0.39 is 32.1 Å². The highest BCUT2D eigenvalue weighted by molar-refractivity contribution is 7.93. The Bertz CT molecular complexity index is 731. The van der Waals surface area contributed by atoms with Gasteiger partial charge in [0.05, 0.1) is 16.1 Å². The fraction of sp³-hybridized carbons (Fsp3) is 0.467. The zero-order valence-electron chi connectivity index (χ0n) is 11.3. The van der Waals surface area contributed by atoms with Crippen molar-refractivity contribution in [3.05, 3.63) is 35.1 Å². The molecule has 2 bridgehead atoms. The minimum Gasteiger partial charge on any atom is -0.294 e. The van der Waals surface area contributed by atoms with Crippen molar-refractivity contribution in [1.82, 2.24) is 0 Å². The van der Waals surface area contributed by atoms with Crippen LogP contribution in [0, 0.1) is 23.1 Å². The van der Waals surface area contributed by atoms with Crippen LogP contribution in [0.1, 0.15) is 41.6 Å². The summed E-state index contributed by atoms with van der Waals surface area (Å²) in [5.41, 5.74) is -0.176. The van der Waals surface area contributed by atoms with Gasteiger partial charge in [-0.1, -0.05) is 6.07 Å². The molecule has 2 saturated heterocycles. The van der Waals surface area contributed by atoms with E-state index in [0.717, 1.165) is 6.07 Å². The van der Waals surface area contributed by atoms with Crippen LogP contribution in [0.25, 0.3) is 0 Å². The standard InChI is InChI=1S/C15H14FNO3S/c16-14-3-1-2-12(13(14)8-17)15(18)9-6-10-4-5-11(7-9)21(10,19)20/h1-3,9-11H,4-7H2. The molecule has 0 amide bonds. The van der Waals surface area contributed by atoms with Crippen LogP contribution in [0.3, 0.4) is 0 Å². The third kappa shape index (κ3) is 2.16. The number of carbonyl (C=O) groups is 1. The Labute approximate surface area is 122 Å². The van der Waals surface area contributed by atoms with E-state index in [4.69, 9.17) is 5.26 Å². The van der Waals surface area contributed by atoms with E-state index in [-0.39, 0.29) is 16.9 Å². The number of carbonyl (C=O) groups excluding carboxylic acids is 1. The first-order valence-corrected chi connectivity index (χ1v) is 8.51. The Kier molecular flexibility index (Phi) is 3.33. The van der Waals surface area contributed by atoms with E-state index in [1.807, 2.05) is 0 Å². The SMILES string of the molecule is N#Cc1c(F)cccc1C(=O)C1CC2CCC(C1)S2(=O)=O. The molecule has 2 atom stereocenters. The molecule has 0 saturated carbocycles. The number of halogens is 1. The predicted molar refractivity (Wildman–Crippen MR) is 73.9 cm³/mol. The minimum atomic E-state index is -3.09. The summed E-state index contributed by atoms with van der Waals surface area (Å²) in [6.45, 7) is 0. The maximum Gasteiger partial charge on any atom is 0.167 e. The fourth-order valence-corrected chi connectivity index (χ4v) is 5.96. The van der Waals surface area contributed by atoms with Crippen molar-refractivity contribution in [2.24, 2.45) is 5.92 Å². The fourth-order valence-electron chi connectivity index (χ4n) is 3.48. The van der Waals surface area contributed by atoms with Crippen LogP contribution in [0.5, 0.6) is 0 Å². The highest BCUT2D eigenvalue weighted by Gasteiger charge is 2.48. The molecule has 110 valence electrons. The van der Waals surface area contributed by atoms with Crippen LogP contribution in [-0.2, 0) is 9.84 Å². The van der Waals surface area contributed by atoms with E-state index >= 15 is 0 Å². The second kappa shape index (κ2) is 4.92. The molecule has 2 unspecified atom stereocenters. The van der Waals surface area contributed by atoms with Gasteiger partial charge in [0.15, 0.2) is 15.6 Å². The molecule has 1 aromatic carbocycles. The maximum absolute atomic E-state index is 13.6. The average molecular weight is 307 g/mol. The number of sulfone groups is 1. The molecular formula is C15H14FNO3S. The maximum atomic E-state index is 13.6. The van der Waals surface area contributed by atoms with Gasteiger partial charge in [-0.15, -0.1) is 0 Å². The predicted octanol–water partition coefficient (Wildman–Crippen LogP) is 2.24. The lowest BCUT2D eigenvalue weighted by molar-refractivity contribution is 0.0904. The van der Waals surface area contributed by atoms with Crippen molar-refractivity contribution in [3.63, 3.8) is 0 Å². The lowest BCUT2D eigenvalue weighted by Gasteiger charge is -2.27. The van der Waals surface area contributed by atoms with Gasteiger partial charge in [-0.2, -0.15) is 5.26 Å². The highest BCUT2D eigenvalue weighted by Crippen LogP contribution is 2.42. The molecule has 6 heteroatoms. The normalized spacial score (nSPS) is 29.8. The molecule has 2 aliphatic heterocycles. The first-order valence-electron chi connectivity index (χ1n) is 6.90. The van der Waals surface area contributed by atoms with Crippen molar-refractivity contribution in [1.29, 1.82) is 5.26 Å². The minimum absolute atomic E-state index is 0.0706. The summed E-state index contributed by atoms with van der Waals surface area (Å²) >= 11 is 0. The van der Waals surface area contributed by atoms with Crippen LogP contribution in [0.4, 0.5) is 4.39 Å².